The molecule has 3 amide bonds. The normalized spacial score (nSPS) is 17.1. The van der Waals surface area contributed by atoms with Gasteiger partial charge < -0.3 is 45.3 Å². The average Bonchev–Trinajstić information content (AvgIpc) is 1.73. The lowest BCUT2D eigenvalue weighted by Gasteiger charge is -2.34. The topological polar surface area (TPSA) is 372 Å². The molecule has 3 aliphatic rings. The van der Waals surface area contributed by atoms with Gasteiger partial charge in [-0.15, -0.1) is 0 Å². The van der Waals surface area contributed by atoms with Crippen LogP contribution in [0.25, 0.3) is 21.9 Å². The second kappa shape index (κ2) is 33.7. The van der Waals surface area contributed by atoms with E-state index in [1.807, 2.05) is 61.2 Å². The third-order valence-electron chi connectivity index (χ3n) is 18.8. The second-order valence-electron chi connectivity index (χ2n) is 29.0. The summed E-state index contributed by atoms with van der Waals surface area (Å²) in [5, 5.41) is 7.41. The van der Waals surface area contributed by atoms with Gasteiger partial charge in [0.2, 0.25) is 0 Å². The van der Waals surface area contributed by atoms with Crippen molar-refractivity contribution in [3.05, 3.63) is 186 Å². The minimum absolute atomic E-state index is 0.000979. The number of sulfonamides is 3. The Morgan fingerprint density at radius 2 is 1.02 bits per heavy atom. The molecule has 0 aliphatic carbocycles. The fourth-order valence-corrected chi connectivity index (χ4v) is 17.0. The van der Waals surface area contributed by atoms with Crippen molar-refractivity contribution in [2.24, 2.45) is 17.8 Å². The van der Waals surface area contributed by atoms with Gasteiger partial charge in [-0.2, -0.15) is 25.3 Å². The first-order valence-electron chi connectivity index (χ1n) is 35.6. The van der Waals surface area contributed by atoms with Crippen LogP contribution in [-0.2, 0) is 39.5 Å². The van der Waals surface area contributed by atoms with Gasteiger partial charge in [-0.3, -0.25) is 14.4 Å². The van der Waals surface area contributed by atoms with Gasteiger partial charge in [0.25, 0.3) is 47.8 Å². The van der Waals surface area contributed by atoms with Crippen molar-refractivity contribution in [3.8, 4) is 16.9 Å². The number of benzene rings is 3. The van der Waals surface area contributed by atoms with E-state index in [4.69, 9.17) is 19.9 Å². The first-order chi connectivity index (χ1) is 51.6. The highest BCUT2D eigenvalue weighted by Crippen LogP contribution is 2.42. The highest BCUT2D eigenvalue weighted by atomic mass is 32.2. The van der Waals surface area contributed by atoms with E-state index in [2.05, 4.69) is 113 Å². The number of nitrogens with one attached hydrogen (secondary N) is 5. The Morgan fingerprint density at radius 3 is 1.52 bits per heavy atom. The van der Waals surface area contributed by atoms with E-state index in [1.54, 1.807) is 105 Å². The summed E-state index contributed by atoms with van der Waals surface area (Å²) in [6.07, 6.45) is 8.31. The van der Waals surface area contributed by atoms with E-state index in [0.717, 1.165) is 55.2 Å². The molecule has 28 nitrogen and oxygen atoms in total. The summed E-state index contributed by atoms with van der Waals surface area (Å²) in [7, 11) is -9.65. The largest absolute Gasteiger partial charge is 0.496 e. The summed E-state index contributed by atoms with van der Waals surface area (Å²) in [5.41, 5.74) is 7.41. The van der Waals surface area contributed by atoms with Gasteiger partial charge in [0.1, 0.15) is 40.7 Å². The van der Waals surface area contributed by atoms with Crippen LogP contribution in [-0.4, -0.2) is 149 Å². The number of esters is 1. The smallest absolute Gasteiger partial charge is 0.338 e. The van der Waals surface area contributed by atoms with Crippen molar-refractivity contribution in [2.45, 2.75) is 127 Å². The molecule has 3 fully saturated rings. The molecule has 31 heteroatoms. The quantitative estimate of drug-likeness (QED) is 0.0256. The number of carbonyl (C=O) groups excluding carboxylic acids is 4. The predicted molar refractivity (Wildman–Crippen MR) is 420 cm³/mol. The zero-order valence-corrected chi connectivity index (χ0v) is 65.5. The fourth-order valence-electron chi connectivity index (χ4n) is 14.2. The van der Waals surface area contributed by atoms with Gasteiger partial charge >= 0.3 is 5.97 Å². The fraction of sp³-hybridized carbons (Fsp3) is 0.359. The maximum Gasteiger partial charge on any atom is 0.338 e. The van der Waals surface area contributed by atoms with Crippen molar-refractivity contribution >= 4 is 105 Å². The van der Waals surface area contributed by atoms with Gasteiger partial charge in [0.15, 0.2) is 15.1 Å². The number of nitrogens with zero attached hydrogens (tertiary/aromatic N) is 9. The number of methoxy groups -OCH3 is 2. The highest BCUT2D eigenvalue weighted by Gasteiger charge is 2.42. The maximum absolute atomic E-state index is 13.7. The van der Waals surface area contributed by atoms with Gasteiger partial charge in [0, 0.05) is 97.3 Å². The SMILES string of the molecule is CC1CN(c2ncccc2C(=O)NS(=O)(=O)c2cccc(Nc3cccc4ccccc34)n2)C(C)(C)C1.CCOC(=O)c1ccc(OC)c(-c2cnc(N3CC(C)CC3(C)C)c(C(=O)NS(=O)(=O)c3cccc(N)n3)c2)c1.COCCCNc1cccc(S(=O)(=O)NC(=O)c2cccnc2N2CC(C)CC2(C)C)n1. The van der Waals surface area contributed by atoms with Crippen molar-refractivity contribution < 1.29 is 58.6 Å². The van der Waals surface area contributed by atoms with Crippen LogP contribution in [0.3, 0.4) is 0 Å². The molecule has 3 aromatic carbocycles. The summed E-state index contributed by atoms with van der Waals surface area (Å²) >= 11 is 0. The molecule has 576 valence electrons. The summed E-state index contributed by atoms with van der Waals surface area (Å²) in [6.45, 7) is 24.1. The van der Waals surface area contributed by atoms with Crippen LogP contribution in [0.4, 0.5) is 40.6 Å². The first-order valence-corrected chi connectivity index (χ1v) is 40.0. The lowest BCUT2D eigenvalue weighted by molar-refractivity contribution is 0.0525. The molecule has 0 radical (unpaired) electrons. The number of fused-ring (bicyclic) bond motifs is 1. The van der Waals surface area contributed by atoms with E-state index >= 15 is 0 Å². The van der Waals surface area contributed by atoms with Crippen LogP contribution in [0.15, 0.2) is 179 Å². The standard InChI is InChI=1S/C28H33N5O6S.C28H29N5O3S.C22H31N5O4S/c1-6-39-27(35)18-10-11-22(38-5)20(12-18)19-13-21(25(30-15-19)33-16-17(2)14-28(33,3)4)26(34)32-40(36,37)24-9-7-8-23(29)31-24;1-19-17-28(2,3)33(18-19)26-22(12-8-16-29-26)27(34)32-37(35,36)25-15-7-14-24(31-25)30-23-13-6-10-20-9-4-5-11-21(20)23;1-16-14-22(2,3)27(15-16)20-17(8-6-11-24-20)21(28)26-32(29,30)19-10-5-9-18(25-19)23-12-7-13-31-4/h7-13,15,17H,6,14,16H2,1-5H3,(H2,29,31)(H,32,34);4-16,19H,17-18H2,1-3H3,(H,30,31)(H,32,34);5-6,8-11,16H,7,12-15H2,1-4H3,(H,23,25)(H,26,28). The number of hydrogen-bond donors (Lipinski definition) is 6. The van der Waals surface area contributed by atoms with Crippen LogP contribution >= 0.6 is 0 Å². The Morgan fingerprint density at radius 1 is 0.541 bits per heavy atom. The number of nitrogens with two attached hydrogens (primary N) is 1. The third kappa shape index (κ3) is 19.3. The maximum atomic E-state index is 13.7. The van der Waals surface area contributed by atoms with E-state index in [9.17, 15) is 44.4 Å². The molecule has 6 aromatic heterocycles. The molecule has 7 N–H and O–H groups in total. The number of hydrogen-bond acceptors (Lipinski definition) is 25. The summed E-state index contributed by atoms with van der Waals surface area (Å²) < 4.78 is 100. The van der Waals surface area contributed by atoms with Crippen LogP contribution in [0.5, 0.6) is 5.75 Å². The summed E-state index contributed by atoms with van der Waals surface area (Å²) in [5.74, 6) is 0.812. The summed E-state index contributed by atoms with van der Waals surface area (Å²) in [6, 6.07) is 39.8. The van der Waals surface area contributed by atoms with Crippen molar-refractivity contribution in [3.63, 3.8) is 0 Å². The molecule has 9 heterocycles. The Hall–Kier alpha value is -10.9. The number of ether oxygens (including phenoxy) is 3. The molecule has 3 aliphatic heterocycles. The van der Waals surface area contributed by atoms with Gasteiger partial charge in [-0.1, -0.05) is 75.4 Å². The average molecular weight is 1540 g/mol. The molecular weight excluding hydrogens is 1450 g/mol. The Bertz CT molecular complexity index is 5200. The molecule has 0 saturated carbocycles. The van der Waals surface area contributed by atoms with E-state index in [-0.39, 0.29) is 66.4 Å². The van der Waals surface area contributed by atoms with Gasteiger partial charge in [-0.05, 0) is 188 Å². The van der Waals surface area contributed by atoms with Crippen LogP contribution in [0, 0.1) is 17.8 Å². The van der Waals surface area contributed by atoms with Crippen molar-refractivity contribution in [1.82, 2.24) is 44.1 Å². The number of rotatable bonds is 23. The third-order valence-corrected chi connectivity index (χ3v) is 22.5. The molecule has 0 bridgehead atoms. The second-order valence-corrected chi connectivity index (χ2v) is 33.9. The molecular formula is C78H93N15O13S3. The van der Waals surface area contributed by atoms with Crippen LogP contribution < -0.4 is 50.0 Å². The van der Waals surface area contributed by atoms with Gasteiger partial charge in [-0.25, -0.2) is 48.9 Å². The Kier molecular flexibility index (Phi) is 24.9. The lowest BCUT2D eigenvalue weighted by atomic mass is 9.97. The van der Waals surface area contributed by atoms with Crippen molar-refractivity contribution in [1.29, 1.82) is 0 Å². The molecule has 3 atom stereocenters. The van der Waals surface area contributed by atoms with Crippen molar-refractivity contribution in [2.75, 3.05) is 84.7 Å². The van der Waals surface area contributed by atoms with E-state index < -0.39 is 53.8 Å². The molecule has 9 aromatic rings. The number of nitrogen functional groups attached to an aromatic ring is 1. The van der Waals surface area contributed by atoms with Crippen LogP contribution in [0.2, 0.25) is 0 Å². The number of carbonyl (C=O) groups is 4. The van der Waals surface area contributed by atoms with Crippen LogP contribution in [0.1, 0.15) is 136 Å². The number of pyridine rings is 6. The van der Waals surface area contributed by atoms with E-state index in [1.165, 1.54) is 37.4 Å². The monoisotopic (exact) mass is 1540 g/mol. The predicted octanol–water partition coefficient (Wildman–Crippen LogP) is 11.4. The minimum Gasteiger partial charge on any atom is -0.496 e. The first kappa shape index (κ1) is 80.6. The molecule has 3 unspecified atom stereocenters. The lowest BCUT2D eigenvalue weighted by Crippen LogP contribution is -2.41. The number of anilines is 7. The number of amides is 3. The molecule has 12 rings (SSSR count). The Balaban J connectivity index is 0.000000175. The van der Waals surface area contributed by atoms with E-state index in [0.29, 0.717) is 83.4 Å². The summed E-state index contributed by atoms with van der Waals surface area (Å²) in [4.78, 5) is 84.3. The highest BCUT2D eigenvalue weighted by molar-refractivity contribution is 7.90. The molecule has 109 heavy (non-hydrogen) atoms. The minimum atomic E-state index is -4.35. The molecule has 0 spiro atoms. The molecule has 3 saturated heterocycles. The van der Waals surface area contributed by atoms with Gasteiger partial charge in [0.05, 0.1) is 36.0 Å². The number of aromatic nitrogens is 6. The Labute approximate surface area is 636 Å². The zero-order valence-electron chi connectivity index (χ0n) is 63.0. The zero-order chi connectivity index (χ0) is 78.8.